The smallest absolute Gasteiger partial charge is 0.160 e. The van der Waals surface area contributed by atoms with Crippen LogP contribution in [0.3, 0.4) is 0 Å². The van der Waals surface area contributed by atoms with Crippen LogP contribution in [0.15, 0.2) is 18.2 Å². The Morgan fingerprint density at radius 1 is 1.33 bits per heavy atom. The number of hydrogen-bond acceptors (Lipinski definition) is 3. The summed E-state index contributed by atoms with van der Waals surface area (Å²) in [5.74, 6) is 0.741. The van der Waals surface area contributed by atoms with Crippen molar-refractivity contribution in [3.05, 3.63) is 23.8 Å². The van der Waals surface area contributed by atoms with Crippen LogP contribution >= 0.6 is 0 Å². The fourth-order valence-corrected chi connectivity index (χ4v) is 2.76. The van der Waals surface area contributed by atoms with Crippen molar-refractivity contribution in [1.82, 2.24) is 5.32 Å². The van der Waals surface area contributed by atoms with Gasteiger partial charge in [0, 0.05) is 13.1 Å². The summed E-state index contributed by atoms with van der Waals surface area (Å²) in [6.45, 7) is 4.21. The molecule has 0 aromatic heterocycles. The van der Waals surface area contributed by atoms with E-state index in [1.54, 1.807) is 13.2 Å². The first-order chi connectivity index (χ1) is 8.63. The van der Waals surface area contributed by atoms with Crippen LogP contribution in [0.25, 0.3) is 0 Å². The molecular formula is C15H23NO2. The Morgan fingerprint density at radius 2 is 2.06 bits per heavy atom. The number of aromatic hydroxyl groups is 1. The highest BCUT2D eigenvalue weighted by Gasteiger charge is 2.27. The number of benzene rings is 1. The lowest BCUT2D eigenvalue weighted by Crippen LogP contribution is -2.29. The third kappa shape index (κ3) is 3.16. The molecule has 2 N–H and O–H groups in total. The van der Waals surface area contributed by atoms with E-state index < -0.39 is 0 Å². The van der Waals surface area contributed by atoms with E-state index in [4.69, 9.17) is 4.74 Å². The summed E-state index contributed by atoms with van der Waals surface area (Å²) in [4.78, 5) is 0. The summed E-state index contributed by atoms with van der Waals surface area (Å²) in [7, 11) is 1.56. The van der Waals surface area contributed by atoms with Crippen molar-refractivity contribution in [2.75, 3.05) is 13.7 Å². The molecule has 0 heterocycles. The van der Waals surface area contributed by atoms with Crippen LogP contribution in [-0.2, 0) is 6.54 Å². The first-order valence-corrected chi connectivity index (χ1v) is 6.70. The highest BCUT2D eigenvalue weighted by atomic mass is 16.5. The van der Waals surface area contributed by atoms with Crippen molar-refractivity contribution in [2.45, 2.75) is 39.2 Å². The van der Waals surface area contributed by atoms with Crippen LogP contribution < -0.4 is 10.1 Å². The number of hydrogen-bond donors (Lipinski definition) is 2. The van der Waals surface area contributed by atoms with E-state index in [0.717, 1.165) is 18.7 Å². The fraction of sp³-hybridized carbons (Fsp3) is 0.600. The van der Waals surface area contributed by atoms with Gasteiger partial charge < -0.3 is 15.2 Å². The SMILES string of the molecule is COc1ccc(CNCC2(C)CCCC2)cc1O. The summed E-state index contributed by atoms with van der Waals surface area (Å²) in [5.41, 5.74) is 1.56. The van der Waals surface area contributed by atoms with Gasteiger partial charge in [0.25, 0.3) is 0 Å². The molecule has 1 saturated carbocycles. The summed E-state index contributed by atoms with van der Waals surface area (Å²) < 4.78 is 5.03. The summed E-state index contributed by atoms with van der Waals surface area (Å²) >= 11 is 0. The molecule has 0 unspecified atom stereocenters. The Labute approximate surface area is 109 Å². The van der Waals surface area contributed by atoms with Crippen LogP contribution in [0, 0.1) is 5.41 Å². The van der Waals surface area contributed by atoms with Gasteiger partial charge in [-0.05, 0) is 36.0 Å². The Balaban J connectivity index is 1.85. The second-order valence-corrected chi connectivity index (χ2v) is 5.63. The molecule has 1 fully saturated rings. The van der Waals surface area contributed by atoms with Crippen LogP contribution in [0.2, 0.25) is 0 Å². The van der Waals surface area contributed by atoms with Crippen molar-refractivity contribution in [3.8, 4) is 11.5 Å². The normalized spacial score (nSPS) is 17.9. The predicted molar refractivity (Wildman–Crippen MR) is 72.9 cm³/mol. The molecule has 0 atom stereocenters. The second kappa shape index (κ2) is 5.61. The molecule has 1 aliphatic rings. The largest absolute Gasteiger partial charge is 0.504 e. The van der Waals surface area contributed by atoms with Crippen molar-refractivity contribution in [3.63, 3.8) is 0 Å². The van der Waals surface area contributed by atoms with E-state index in [1.165, 1.54) is 25.7 Å². The van der Waals surface area contributed by atoms with Crippen LogP contribution in [0.4, 0.5) is 0 Å². The lowest BCUT2D eigenvalue weighted by atomic mass is 9.89. The molecule has 0 bridgehead atoms. The molecule has 0 amide bonds. The Kier molecular flexibility index (Phi) is 4.12. The van der Waals surface area contributed by atoms with Gasteiger partial charge in [-0.2, -0.15) is 0 Å². The second-order valence-electron chi connectivity index (χ2n) is 5.63. The Hall–Kier alpha value is -1.22. The third-order valence-electron chi connectivity index (χ3n) is 3.93. The van der Waals surface area contributed by atoms with E-state index in [2.05, 4.69) is 12.2 Å². The zero-order chi connectivity index (χ0) is 13.0. The zero-order valence-electron chi connectivity index (χ0n) is 11.3. The number of ether oxygens (including phenoxy) is 1. The standard InChI is InChI=1S/C15H23NO2/c1-15(7-3-4-8-15)11-16-10-12-5-6-14(18-2)13(17)9-12/h5-6,9,16-17H,3-4,7-8,10-11H2,1-2H3. The molecule has 100 valence electrons. The van der Waals surface area contributed by atoms with Gasteiger partial charge >= 0.3 is 0 Å². The minimum Gasteiger partial charge on any atom is -0.504 e. The molecule has 1 aliphatic carbocycles. The van der Waals surface area contributed by atoms with Gasteiger partial charge in [0.05, 0.1) is 7.11 Å². The molecule has 0 radical (unpaired) electrons. The maximum absolute atomic E-state index is 9.70. The number of phenolic OH excluding ortho intramolecular Hbond substituents is 1. The lowest BCUT2D eigenvalue weighted by molar-refractivity contribution is 0.314. The predicted octanol–water partition coefficient (Wildman–Crippen LogP) is 3.07. The number of nitrogens with one attached hydrogen (secondary N) is 1. The van der Waals surface area contributed by atoms with Gasteiger partial charge in [0.1, 0.15) is 0 Å². The van der Waals surface area contributed by atoms with Crippen LogP contribution in [0.1, 0.15) is 38.2 Å². The third-order valence-corrected chi connectivity index (χ3v) is 3.93. The Bertz CT molecular complexity index is 397. The van der Waals surface area contributed by atoms with Crippen molar-refractivity contribution < 1.29 is 9.84 Å². The summed E-state index contributed by atoms with van der Waals surface area (Å²) in [5, 5.41) is 13.2. The maximum Gasteiger partial charge on any atom is 0.160 e. The van der Waals surface area contributed by atoms with Gasteiger partial charge in [-0.1, -0.05) is 25.8 Å². The zero-order valence-corrected chi connectivity index (χ0v) is 11.3. The number of methoxy groups -OCH3 is 1. The molecule has 1 aromatic rings. The summed E-state index contributed by atoms with van der Waals surface area (Å²) in [6, 6.07) is 5.56. The molecular weight excluding hydrogens is 226 g/mol. The van der Waals surface area contributed by atoms with Crippen LogP contribution in [-0.4, -0.2) is 18.8 Å². The fourth-order valence-electron chi connectivity index (χ4n) is 2.76. The van der Waals surface area contributed by atoms with Crippen molar-refractivity contribution in [2.24, 2.45) is 5.41 Å². The van der Waals surface area contributed by atoms with Gasteiger partial charge in [0.15, 0.2) is 11.5 Å². The average Bonchev–Trinajstić information content (AvgIpc) is 2.77. The van der Waals surface area contributed by atoms with Gasteiger partial charge in [-0.25, -0.2) is 0 Å². The molecule has 3 nitrogen and oxygen atoms in total. The van der Waals surface area contributed by atoms with E-state index in [1.807, 2.05) is 12.1 Å². The monoisotopic (exact) mass is 249 g/mol. The molecule has 0 aliphatic heterocycles. The highest BCUT2D eigenvalue weighted by Crippen LogP contribution is 2.36. The quantitative estimate of drug-likeness (QED) is 0.842. The van der Waals surface area contributed by atoms with Crippen molar-refractivity contribution >= 4 is 0 Å². The molecule has 0 saturated heterocycles. The first-order valence-electron chi connectivity index (χ1n) is 6.70. The molecule has 0 spiro atoms. The topological polar surface area (TPSA) is 41.5 Å². The minimum absolute atomic E-state index is 0.212. The maximum atomic E-state index is 9.70. The average molecular weight is 249 g/mol. The van der Waals surface area contributed by atoms with Crippen molar-refractivity contribution in [1.29, 1.82) is 0 Å². The lowest BCUT2D eigenvalue weighted by Gasteiger charge is -2.23. The molecule has 2 rings (SSSR count). The van der Waals surface area contributed by atoms with E-state index in [9.17, 15) is 5.11 Å². The molecule has 18 heavy (non-hydrogen) atoms. The summed E-state index contributed by atoms with van der Waals surface area (Å²) in [6.07, 6.45) is 5.38. The highest BCUT2D eigenvalue weighted by molar-refractivity contribution is 5.41. The van der Waals surface area contributed by atoms with Gasteiger partial charge in [0.2, 0.25) is 0 Å². The van der Waals surface area contributed by atoms with Gasteiger partial charge in [-0.15, -0.1) is 0 Å². The van der Waals surface area contributed by atoms with Crippen LogP contribution in [0.5, 0.6) is 11.5 Å². The molecule has 3 heteroatoms. The first kappa shape index (κ1) is 13.2. The molecule has 1 aromatic carbocycles. The number of phenols is 1. The van der Waals surface area contributed by atoms with E-state index in [-0.39, 0.29) is 5.75 Å². The minimum atomic E-state index is 0.212. The Morgan fingerprint density at radius 3 is 2.67 bits per heavy atom. The van der Waals surface area contributed by atoms with E-state index in [0.29, 0.717) is 11.2 Å². The van der Waals surface area contributed by atoms with E-state index >= 15 is 0 Å². The van der Waals surface area contributed by atoms with Gasteiger partial charge in [-0.3, -0.25) is 0 Å². The number of rotatable bonds is 5.